The molecule has 0 bridgehead atoms. The van der Waals surface area contributed by atoms with Gasteiger partial charge in [-0.2, -0.15) is 0 Å². The van der Waals surface area contributed by atoms with Crippen molar-refractivity contribution in [2.75, 3.05) is 20.1 Å². The number of aromatic nitrogens is 3. The highest BCUT2D eigenvalue weighted by atomic mass is 15.4. The van der Waals surface area contributed by atoms with Gasteiger partial charge in [-0.1, -0.05) is 5.21 Å². The van der Waals surface area contributed by atoms with Crippen molar-refractivity contribution in [2.24, 2.45) is 0 Å². The molecule has 0 unspecified atom stereocenters. The lowest BCUT2D eigenvalue weighted by molar-refractivity contribution is 0.476. The number of rotatable bonds is 3. The van der Waals surface area contributed by atoms with Crippen LogP contribution >= 0.6 is 0 Å². The first-order valence-electron chi connectivity index (χ1n) is 5.11. The van der Waals surface area contributed by atoms with Crippen LogP contribution in [0.15, 0.2) is 6.20 Å². The predicted molar refractivity (Wildman–Crippen MR) is 54.0 cm³/mol. The molecular formula is C9H17N5. The van der Waals surface area contributed by atoms with Crippen LogP contribution in [-0.2, 0) is 0 Å². The summed E-state index contributed by atoms with van der Waals surface area (Å²) in [7, 11) is 1.93. The van der Waals surface area contributed by atoms with Gasteiger partial charge in [0.2, 0.25) is 0 Å². The molecular weight excluding hydrogens is 178 g/mol. The fraction of sp³-hybridized carbons (Fsp3) is 0.778. The summed E-state index contributed by atoms with van der Waals surface area (Å²) in [5.41, 5.74) is 1.01. The molecule has 0 radical (unpaired) electrons. The maximum atomic E-state index is 4.15. The van der Waals surface area contributed by atoms with Crippen molar-refractivity contribution in [1.82, 2.24) is 25.6 Å². The molecule has 1 aromatic rings. The van der Waals surface area contributed by atoms with E-state index in [0.717, 1.165) is 25.2 Å². The van der Waals surface area contributed by atoms with E-state index in [1.54, 1.807) is 0 Å². The van der Waals surface area contributed by atoms with Crippen LogP contribution in [0.25, 0.3) is 0 Å². The second-order valence-corrected chi connectivity index (χ2v) is 3.78. The molecule has 5 heteroatoms. The van der Waals surface area contributed by atoms with Gasteiger partial charge in [0.15, 0.2) is 0 Å². The molecule has 2 rings (SSSR count). The Bertz CT molecular complexity index is 289. The van der Waals surface area contributed by atoms with Crippen LogP contribution in [0.1, 0.15) is 31.1 Å². The first kappa shape index (κ1) is 9.61. The van der Waals surface area contributed by atoms with Gasteiger partial charge in [0, 0.05) is 12.6 Å². The summed E-state index contributed by atoms with van der Waals surface area (Å²) in [5.74, 6) is 0. The van der Waals surface area contributed by atoms with Crippen molar-refractivity contribution in [3.05, 3.63) is 11.9 Å². The molecule has 1 fully saturated rings. The van der Waals surface area contributed by atoms with Gasteiger partial charge in [0.1, 0.15) is 0 Å². The summed E-state index contributed by atoms with van der Waals surface area (Å²) in [4.78, 5) is 0. The van der Waals surface area contributed by atoms with Gasteiger partial charge in [0.25, 0.3) is 0 Å². The molecule has 1 aliphatic rings. The smallest absolute Gasteiger partial charge is 0.0993 e. The van der Waals surface area contributed by atoms with E-state index >= 15 is 0 Å². The normalized spacial score (nSPS) is 24.0. The Hall–Kier alpha value is -0.940. The van der Waals surface area contributed by atoms with E-state index in [1.165, 1.54) is 0 Å². The van der Waals surface area contributed by atoms with Crippen molar-refractivity contribution in [3.8, 4) is 0 Å². The highest BCUT2D eigenvalue weighted by Crippen LogP contribution is 2.15. The molecule has 2 heterocycles. The highest BCUT2D eigenvalue weighted by Gasteiger charge is 2.18. The van der Waals surface area contributed by atoms with Gasteiger partial charge in [-0.15, -0.1) is 5.10 Å². The number of nitrogens with one attached hydrogen (secondary N) is 2. The molecule has 0 amide bonds. The summed E-state index contributed by atoms with van der Waals surface area (Å²) in [6, 6.07) is 0.762. The summed E-state index contributed by atoms with van der Waals surface area (Å²) in [6.07, 6.45) is 3.19. The fourth-order valence-electron chi connectivity index (χ4n) is 1.68. The minimum atomic E-state index is 0.276. The molecule has 78 valence electrons. The van der Waals surface area contributed by atoms with Crippen molar-refractivity contribution in [1.29, 1.82) is 0 Å². The standard InChI is InChI=1S/C9H17N5/c1-7(10-2)9-6-14(13-12-9)8-3-4-11-5-8/h6-8,10-11H,3-5H2,1-2H3/t7-,8-/m0/s1. The minimum Gasteiger partial charge on any atom is -0.315 e. The van der Waals surface area contributed by atoms with Crippen LogP contribution < -0.4 is 10.6 Å². The zero-order valence-electron chi connectivity index (χ0n) is 8.70. The quantitative estimate of drug-likeness (QED) is 0.718. The number of nitrogens with zero attached hydrogens (tertiary/aromatic N) is 3. The zero-order chi connectivity index (χ0) is 9.97. The Morgan fingerprint density at radius 2 is 2.57 bits per heavy atom. The van der Waals surface area contributed by atoms with Crippen LogP contribution in [0.3, 0.4) is 0 Å². The lowest BCUT2D eigenvalue weighted by atomic mass is 10.2. The third-order valence-corrected chi connectivity index (χ3v) is 2.81. The van der Waals surface area contributed by atoms with Gasteiger partial charge in [-0.05, 0) is 26.9 Å². The lowest BCUT2D eigenvalue weighted by Crippen LogP contribution is -2.14. The van der Waals surface area contributed by atoms with Crippen molar-refractivity contribution >= 4 is 0 Å². The largest absolute Gasteiger partial charge is 0.315 e. The lowest BCUT2D eigenvalue weighted by Gasteiger charge is -2.07. The van der Waals surface area contributed by atoms with Crippen LogP contribution in [-0.4, -0.2) is 35.1 Å². The van der Waals surface area contributed by atoms with Crippen molar-refractivity contribution in [3.63, 3.8) is 0 Å². The molecule has 1 saturated heterocycles. The van der Waals surface area contributed by atoms with Crippen LogP contribution in [0.4, 0.5) is 0 Å². The Balaban J connectivity index is 2.08. The topological polar surface area (TPSA) is 54.8 Å². The van der Waals surface area contributed by atoms with E-state index in [4.69, 9.17) is 0 Å². The third kappa shape index (κ3) is 1.78. The molecule has 1 aromatic heterocycles. The Labute approximate surface area is 83.9 Å². The summed E-state index contributed by atoms with van der Waals surface area (Å²) in [5, 5.41) is 14.8. The van der Waals surface area contributed by atoms with Crippen LogP contribution in [0.5, 0.6) is 0 Å². The molecule has 0 aliphatic carbocycles. The van der Waals surface area contributed by atoms with Gasteiger partial charge >= 0.3 is 0 Å². The third-order valence-electron chi connectivity index (χ3n) is 2.81. The molecule has 0 spiro atoms. The van der Waals surface area contributed by atoms with E-state index in [2.05, 4.69) is 27.9 Å². The summed E-state index contributed by atoms with van der Waals surface area (Å²) in [6.45, 7) is 4.18. The minimum absolute atomic E-state index is 0.276. The van der Waals surface area contributed by atoms with Gasteiger partial charge in [0.05, 0.1) is 17.9 Å². The van der Waals surface area contributed by atoms with E-state index < -0.39 is 0 Å². The van der Waals surface area contributed by atoms with Gasteiger partial charge in [-0.25, -0.2) is 4.68 Å². The maximum absolute atomic E-state index is 4.15. The maximum Gasteiger partial charge on any atom is 0.0993 e. The molecule has 0 aromatic carbocycles. The fourth-order valence-corrected chi connectivity index (χ4v) is 1.68. The molecule has 5 nitrogen and oxygen atoms in total. The molecule has 0 saturated carbocycles. The highest BCUT2D eigenvalue weighted by molar-refractivity contribution is 4.99. The molecule has 14 heavy (non-hydrogen) atoms. The molecule has 2 atom stereocenters. The predicted octanol–water partition coefficient (Wildman–Crippen LogP) is 0.0929. The van der Waals surface area contributed by atoms with Crippen LogP contribution in [0.2, 0.25) is 0 Å². The second-order valence-electron chi connectivity index (χ2n) is 3.78. The zero-order valence-corrected chi connectivity index (χ0v) is 8.70. The molecule has 2 N–H and O–H groups in total. The van der Waals surface area contributed by atoms with Crippen molar-refractivity contribution in [2.45, 2.75) is 25.4 Å². The number of hydrogen-bond donors (Lipinski definition) is 2. The van der Waals surface area contributed by atoms with E-state index in [1.807, 2.05) is 17.9 Å². The van der Waals surface area contributed by atoms with E-state index in [-0.39, 0.29) is 6.04 Å². The van der Waals surface area contributed by atoms with Gasteiger partial charge in [-0.3, -0.25) is 0 Å². The Kier molecular flexibility index (Phi) is 2.79. The average Bonchev–Trinajstić information content (AvgIpc) is 2.86. The van der Waals surface area contributed by atoms with E-state index in [0.29, 0.717) is 6.04 Å². The van der Waals surface area contributed by atoms with Crippen molar-refractivity contribution < 1.29 is 0 Å². The summed E-state index contributed by atoms with van der Waals surface area (Å²) >= 11 is 0. The SMILES string of the molecule is CN[C@@H](C)c1cn([C@H]2CCNC2)nn1. The second kappa shape index (κ2) is 4.06. The monoisotopic (exact) mass is 195 g/mol. The Morgan fingerprint density at radius 3 is 3.21 bits per heavy atom. The first-order chi connectivity index (χ1) is 6.81. The molecule has 1 aliphatic heterocycles. The van der Waals surface area contributed by atoms with E-state index in [9.17, 15) is 0 Å². The Morgan fingerprint density at radius 1 is 1.71 bits per heavy atom. The van der Waals surface area contributed by atoms with Crippen LogP contribution in [0, 0.1) is 0 Å². The first-order valence-corrected chi connectivity index (χ1v) is 5.11. The van der Waals surface area contributed by atoms with Gasteiger partial charge < -0.3 is 10.6 Å². The summed E-state index contributed by atoms with van der Waals surface area (Å²) < 4.78 is 1.98. The number of hydrogen-bond acceptors (Lipinski definition) is 4. The average molecular weight is 195 g/mol.